The minimum absolute atomic E-state index is 0.0745. The van der Waals surface area contributed by atoms with Gasteiger partial charge in [-0.25, -0.2) is 8.78 Å². The number of aliphatic hydroxyl groups excluding tert-OH is 1. The van der Waals surface area contributed by atoms with Crippen molar-refractivity contribution in [2.45, 2.75) is 47.2 Å². The third kappa shape index (κ3) is 17.7. The minimum Gasteiger partial charge on any atom is -0.400 e. The van der Waals surface area contributed by atoms with E-state index in [9.17, 15) is 13.6 Å². The van der Waals surface area contributed by atoms with Crippen LogP contribution in [0.1, 0.15) is 45.4 Å². The Morgan fingerprint density at radius 2 is 2.05 bits per heavy atom. The van der Waals surface area contributed by atoms with Gasteiger partial charge in [0.2, 0.25) is 0 Å². The molecule has 1 aromatic heterocycles. The second-order valence-corrected chi connectivity index (χ2v) is 9.24. The molecule has 0 saturated heterocycles. The van der Waals surface area contributed by atoms with Gasteiger partial charge in [0.15, 0.2) is 5.43 Å². The predicted octanol–water partition coefficient (Wildman–Crippen LogP) is 5.37. The molecule has 7 nitrogen and oxygen atoms in total. The highest BCUT2D eigenvalue weighted by Gasteiger charge is 2.20. The van der Waals surface area contributed by atoms with Crippen LogP contribution in [0.15, 0.2) is 65.0 Å². The molecule has 0 aromatic carbocycles. The van der Waals surface area contributed by atoms with E-state index in [4.69, 9.17) is 16.3 Å². The van der Waals surface area contributed by atoms with Crippen LogP contribution in [0.2, 0.25) is 0 Å². The molecule has 0 bridgehead atoms. The van der Waals surface area contributed by atoms with Crippen LogP contribution in [0.5, 0.6) is 0 Å². The fraction of sp³-hybridized carbons (Fsp3) is 0.516. The maximum absolute atomic E-state index is 13.4. The van der Waals surface area contributed by atoms with Gasteiger partial charge in [0.1, 0.15) is 5.83 Å². The normalized spacial score (nSPS) is 13.7. The van der Waals surface area contributed by atoms with Crippen molar-refractivity contribution in [1.29, 1.82) is 0 Å². The van der Waals surface area contributed by atoms with Crippen LogP contribution in [0.3, 0.4) is 0 Å². The third-order valence-corrected chi connectivity index (χ3v) is 5.79. The van der Waals surface area contributed by atoms with E-state index in [0.29, 0.717) is 25.0 Å². The number of ether oxygens (including phenoxy) is 1. The Morgan fingerprint density at radius 3 is 2.61 bits per heavy atom. The number of thioether (sulfide) groups is 1. The second kappa shape index (κ2) is 26.2. The molecule has 0 aliphatic carbocycles. The molecular formula is C31H50F2N4O3S. The number of nitrogens with one attached hydrogen (secondary N) is 1. The summed E-state index contributed by atoms with van der Waals surface area (Å²) >= 11 is 1.67. The highest BCUT2D eigenvalue weighted by molar-refractivity contribution is 8.01. The number of halogens is 2. The first-order chi connectivity index (χ1) is 19.8. The van der Waals surface area contributed by atoms with Crippen molar-refractivity contribution in [2.75, 3.05) is 58.4 Å². The predicted molar refractivity (Wildman–Crippen MR) is 172 cm³/mol. The van der Waals surface area contributed by atoms with Crippen molar-refractivity contribution >= 4 is 11.8 Å². The van der Waals surface area contributed by atoms with E-state index < -0.39 is 5.83 Å². The molecule has 232 valence electrons. The summed E-state index contributed by atoms with van der Waals surface area (Å²) in [7, 11) is 2.96. The van der Waals surface area contributed by atoms with Gasteiger partial charge in [0, 0.05) is 76.3 Å². The lowest BCUT2D eigenvalue weighted by Crippen LogP contribution is -2.49. The summed E-state index contributed by atoms with van der Waals surface area (Å²) in [5, 5.41) is 14.1. The van der Waals surface area contributed by atoms with Gasteiger partial charge in [-0.3, -0.25) is 14.4 Å². The Kier molecular flexibility index (Phi) is 25.9. The number of hydrogen-bond acceptors (Lipinski definition) is 7. The topological polar surface area (TPSA) is 70.0 Å². The molecule has 1 aliphatic heterocycles. The van der Waals surface area contributed by atoms with Gasteiger partial charge in [-0.05, 0) is 31.1 Å². The molecule has 0 saturated carbocycles. The molecule has 41 heavy (non-hydrogen) atoms. The number of allylic oxidation sites excluding steroid dienone is 3. The Labute approximate surface area is 250 Å². The summed E-state index contributed by atoms with van der Waals surface area (Å²) < 4.78 is 33.0. The Balaban J connectivity index is 0. The summed E-state index contributed by atoms with van der Waals surface area (Å²) in [4.78, 5) is 14.7. The number of rotatable bonds is 13. The van der Waals surface area contributed by atoms with Crippen LogP contribution >= 0.6 is 11.8 Å². The van der Waals surface area contributed by atoms with Crippen molar-refractivity contribution in [2.24, 2.45) is 5.92 Å². The van der Waals surface area contributed by atoms with Gasteiger partial charge < -0.3 is 20.2 Å². The first-order valence-corrected chi connectivity index (χ1v) is 14.9. The number of aliphatic hydroxyl groups is 1. The van der Waals surface area contributed by atoms with E-state index in [1.807, 2.05) is 61.4 Å². The maximum atomic E-state index is 13.4. The van der Waals surface area contributed by atoms with Gasteiger partial charge in [-0.2, -0.15) is 0 Å². The van der Waals surface area contributed by atoms with E-state index in [-0.39, 0.29) is 30.0 Å². The number of aromatic nitrogens is 1. The monoisotopic (exact) mass is 596 g/mol. The molecule has 1 aromatic rings. The largest absolute Gasteiger partial charge is 0.400 e. The summed E-state index contributed by atoms with van der Waals surface area (Å²) in [6.45, 7) is 15.3. The SMILES string of the molecule is C#CC(C)/C=C\SC.C=C(F)/C(=C\C=C\F)CNCc1cn2c(cc1=O)CN(CCOCCC)CN2C.CC.CO. The number of hydrogen-bond donors (Lipinski definition) is 2. The fourth-order valence-electron chi connectivity index (χ4n) is 3.38. The number of fused-ring (bicyclic) bond motifs is 1. The van der Waals surface area contributed by atoms with Crippen LogP contribution in [0.4, 0.5) is 8.78 Å². The molecule has 0 radical (unpaired) electrons. The summed E-state index contributed by atoms with van der Waals surface area (Å²) in [6.07, 6.45) is 14.7. The summed E-state index contributed by atoms with van der Waals surface area (Å²) in [5.41, 5.74) is 1.64. The van der Waals surface area contributed by atoms with Gasteiger partial charge in [0.05, 0.1) is 25.3 Å². The molecular weight excluding hydrogens is 546 g/mol. The smallest absolute Gasteiger partial charge is 0.186 e. The van der Waals surface area contributed by atoms with Gasteiger partial charge >= 0.3 is 0 Å². The quantitative estimate of drug-likeness (QED) is 0.180. The van der Waals surface area contributed by atoms with Crippen molar-refractivity contribution < 1.29 is 18.6 Å². The molecule has 1 atom stereocenters. The third-order valence-electron chi connectivity index (χ3n) is 5.36. The number of terminal acetylenes is 1. The van der Waals surface area contributed by atoms with Gasteiger partial charge in [0.25, 0.3) is 0 Å². The summed E-state index contributed by atoms with van der Waals surface area (Å²) in [5.74, 6) is 2.24. The molecule has 2 heterocycles. The second-order valence-electron chi connectivity index (χ2n) is 8.50. The molecule has 0 spiro atoms. The molecule has 10 heteroatoms. The molecule has 2 N–H and O–H groups in total. The Morgan fingerprint density at radius 1 is 1.37 bits per heavy atom. The molecule has 1 aliphatic rings. The van der Waals surface area contributed by atoms with Crippen LogP contribution in [0.25, 0.3) is 0 Å². The highest BCUT2D eigenvalue weighted by Crippen LogP contribution is 2.12. The van der Waals surface area contributed by atoms with Crippen molar-refractivity contribution in [1.82, 2.24) is 14.9 Å². The zero-order valence-corrected chi connectivity index (χ0v) is 26.6. The highest BCUT2D eigenvalue weighted by atomic mass is 32.2. The van der Waals surface area contributed by atoms with E-state index in [1.165, 1.54) is 6.08 Å². The van der Waals surface area contributed by atoms with E-state index in [1.54, 1.807) is 17.8 Å². The van der Waals surface area contributed by atoms with Crippen molar-refractivity contribution in [3.05, 3.63) is 81.7 Å². The Bertz CT molecular complexity index is 1040. The average Bonchev–Trinajstić information content (AvgIpc) is 2.98. The molecule has 1 unspecified atom stereocenters. The van der Waals surface area contributed by atoms with Crippen LogP contribution in [-0.4, -0.2) is 68.1 Å². The average molecular weight is 597 g/mol. The van der Waals surface area contributed by atoms with Crippen LogP contribution in [0, 0.1) is 18.3 Å². The first-order valence-electron chi connectivity index (χ1n) is 13.6. The zero-order valence-electron chi connectivity index (χ0n) is 25.8. The number of nitrogens with zero attached hydrogens (tertiary/aromatic N) is 3. The van der Waals surface area contributed by atoms with Crippen molar-refractivity contribution in [3.63, 3.8) is 0 Å². The van der Waals surface area contributed by atoms with Crippen LogP contribution < -0.4 is 15.8 Å². The first kappa shape index (κ1) is 40.5. The fourth-order valence-corrected chi connectivity index (χ4v) is 3.77. The lowest BCUT2D eigenvalue weighted by molar-refractivity contribution is 0.0933. The van der Waals surface area contributed by atoms with Gasteiger partial charge in [-0.1, -0.05) is 45.4 Å². The Hall–Kier alpha value is -2.68. The van der Waals surface area contributed by atoms with Gasteiger partial charge in [-0.15, -0.1) is 18.2 Å². The van der Waals surface area contributed by atoms with E-state index in [2.05, 4.69) is 29.6 Å². The zero-order chi connectivity index (χ0) is 31.6. The molecule has 0 fully saturated rings. The lowest BCUT2D eigenvalue weighted by atomic mass is 10.2. The number of pyridine rings is 1. The van der Waals surface area contributed by atoms with E-state index in [0.717, 1.165) is 45.1 Å². The lowest BCUT2D eigenvalue weighted by Gasteiger charge is -2.38. The summed E-state index contributed by atoms with van der Waals surface area (Å²) in [6, 6.07) is 1.64. The van der Waals surface area contributed by atoms with E-state index >= 15 is 0 Å². The standard InChI is InChI=1S/C21H30F2N4O2.C7H10S.C2H6.CH4O/c1-4-9-29-10-8-26-15-20-11-21(28)19(14-27(20)25(3)16-26)13-24-12-18(17(2)23)6-5-7-22;1-4-7(2)5-6-8-3;2*1-2/h5-7,11,14,24H,2,4,8-10,12-13,15-16H2,1,3H3;1,5-7H,2-3H3;1-2H3;2H,1H3/b7-5+,18-6-;6-5-;;. The van der Waals surface area contributed by atoms with Crippen LogP contribution in [-0.2, 0) is 17.8 Å². The molecule has 2 rings (SSSR count). The maximum Gasteiger partial charge on any atom is 0.186 e. The molecule has 0 amide bonds. The van der Waals surface area contributed by atoms with Crippen molar-refractivity contribution in [3.8, 4) is 12.3 Å². The minimum atomic E-state index is -0.638.